The van der Waals surface area contributed by atoms with Crippen LogP contribution in [-0.2, 0) is 4.79 Å². The number of carbonyl (C=O) groups excluding carboxylic acids is 2. The molecule has 7 nitrogen and oxygen atoms in total. The van der Waals surface area contributed by atoms with Crippen LogP contribution in [0.3, 0.4) is 0 Å². The van der Waals surface area contributed by atoms with E-state index >= 15 is 0 Å². The van der Waals surface area contributed by atoms with E-state index < -0.39 is 16.8 Å². The van der Waals surface area contributed by atoms with Crippen LogP contribution in [0.15, 0.2) is 29.4 Å². The van der Waals surface area contributed by atoms with E-state index in [1.807, 2.05) is 45.0 Å². The summed E-state index contributed by atoms with van der Waals surface area (Å²) in [5.74, 6) is 0.343. The number of amides is 3. The maximum absolute atomic E-state index is 12.5. The fourth-order valence-corrected chi connectivity index (χ4v) is 4.61. The summed E-state index contributed by atoms with van der Waals surface area (Å²) in [5.41, 5.74) is 0.403. The van der Waals surface area contributed by atoms with Gasteiger partial charge in [-0.05, 0) is 52.7 Å². The average molecular weight is 450 g/mol. The van der Waals surface area contributed by atoms with Crippen LogP contribution in [0, 0.1) is 0 Å². The quantitative estimate of drug-likeness (QED) is 0.639. The fraction of sp³-hybridized carbons (Fsp3) is 0.524. The first-order valence-electron chi connectivity index (χ1n) is 10.1. The summed E-state index contributed by atoms with van der Waals surface area (Å²) >= 11 is 7.72. The molecular formula is C21H28ClN5O2S. The zero-order valence-electron chi connectivity index (χ0n) is 17.7. The molecule has 3 amide bonds. The van der Waals surface area contributed by atoms with Gasteiger partial charge in [0.15, 0.2) is 11.0 Å². The highest BCUT2D eigenvalue weighted by atomic mass is 35.5. The van der Waals surface area contributed by atoms with Crippen LogP contribution in [-0.4, -0.2) is 37.5 Å². The predicted octanol–water partition coefficient (Wildman–Crippen LogP) is 4.82. The highest BCUT2D eigenvalue weighted by molar-refractivity contribution is 8.00. The molecule has 0 radical (unpaired) electrons. The SMILES string of the molecule is CC(Sc1nnc(-c2ccccc2Cl)n1C1CCCC1)C(=O)NC(=O)NC(C)(C)C. The van der Waals surface area contributed by atoms with E-state index in [0.717, 1.165) is 31.2 Å². The number of aromatic nitrogens is 3. The summed E-state index contributed by atoms with van der Waals surface area (Å²) in [5, 5.41) is 14.7. The number of carbonyl (C=O) groups is 2. The van der Waals surface area contributed by atoms with E-state index in [0.29, 0.717) is 16.0 Å². The van der Waals surface area contributed by atoms with Crippen molar-refractivity contribution in [2.45, 2.75) is 75.4 Å². The van der Waals surface area contributed by atoms with Crippen molar-refractivity contribution in [2.24, 2.45) is 0 Å². The van der Waals surface area contributed by atoms with Gasteiger partial charge >= 0.3 is 6.03 Å². The number of thioether (sulfide) groups is 1. The summed E-state index contributed by atoms with van der Waals surface area (Å²) in [4.78, 5) is 24.6. The number of rotatable bonds is 5. The Hall–Kier alpha value is -2.06. The van der Waals surface area contributed by atoms with Gasteiger partial charge in [0, 0.05) is 17.1 Å². The van der Waals surface area contributed by atoms with Gasteiger partial charge in [0.25, 0.3) is 0 Å². The lowest BCUT2D eigenvalue weighted by atomic mass is 10.1. The lowest BCUT2D eigenvalue weighted by Gasteiger charge is -2.21. The second-order valence-electron chi connectivity index (χ2n) is 8.55. The molecule has 0 aliphatic heterocycles. The molecule has 0 spiro atoms. The Morgan fingerprint density at radius 3 is 2.50 bits per heavy atom. The minimum absolute atomic E-state index is 0.272. The van der Waals surface area contributed by atoms with Crippen LogP contribution in [0.25, 0.3) is 11.4 Å². The van der Waals surface area contributed by atoms with Gasteiger partial charge < -0.3 is 5.32 Å². The number of nitrogens with one attached hydrogen (secondary N) is 2. The van der Waals surface area contributed by atoms with Crippen molar-refractivity contribution in [3.8, 4) is 11.4 Å². The van der Waals surface area contributed by atoms with Crippen LogP contribution in [0.5, 0.6) is 0 Å². The second kappa shape index (κ2) is 9.39. The van der Waals surface area contributed by atoms with Crippen molar-refractivity contribution in [2.75, 3.05) is 0 Å². The van der Waals surface area contributed by atoms with Crippen molar-refractivity contribution in [3.63, 3.8) is 0 Å². The highest BCUT2D eigenvalue weighted by Crippen LogP contribution is 2.38. The van der Waals surface area contributed by atoms with E-state index in [-0.39, 0.29) is 11.9 Å². The minimum atomic E-state index is -0.515. The highest BCUT2D eigenvalue weighted by Gasteiger charge is 2.28. The Labute approximate surface area is 186 Å². The number of urea groups is 1. The van der Waals surface area contributed by atoms with Gasteiger partial charge in [0.05, 0.1) is 10.3 Å². The Morgan fingerprint density at radius 2 is 1.87 bits per heavy atom. The first-order chi connectivity index (χ1) is 14.2. The van der Waals surface area contributed by atoms with E-state index in [1.54, 1.807) is 6.92 Å². The smallest absolute Gasteiger partial charge is 0.321 e. The lowest BCUT2D eigenvalue weighted by molar-refractivity contribution is -0.119. The maximum Gasteiger partial charge on any atom is 0.321 e. The lowest BCUT2D eigenvalue weighted by Crippen LogP contribution is -2.49. The zero-order valence-corrected chi connectivity index (χ0v) is 19.3. The third-order valence-corrected chi connectivity index (χ3v) is 6.23. The first kappa shape index (κ1) is 22.6. The summed E-state index contributed by atoms with van der Waals surface area (Å²) in [6, 6.07) is 7.33. The number of benzene rings is 1. The summed E-state index contributed by atoms with van der Waals surface area (Å²) in [7, 11) is 0. The topological polar surface area (TPSA) is 88.9 Å². The number of halogens is 1. The van der Waals surface area contributed by atoms with E-state index in [1.165, 1.54) is 11.8 Å². The average Bonchev–Trinajstić information content (AvgIpc) is 3.29. The molecule has 1 aliphatic rings. The number of imide groups is 1. The number of hydrogen-bond donors (Lipinski definition) is 2. The standard InChI is InChI=1S/C21H28ClN5O2S/c1-13(18(28)23-19(29)24-21(2,3)4)30-20-26-25-17(15-11-7-8-12-16(15)22)27(20)14-9-5-6-10-14/h7-8,11-14H,5-6,9-10H2,1-4H3,(H2,23,24,28,29). The minimum Gasteiger partial charge on any atom is -0.333 e. The molecule has 1 aromatic carbocycles. The van der Waals surface area contributed by atoms with Crippen LogP contribution in [0.2, 0.25) is 5.02 Å². The van der Waals surface area contributed by atoms with E-state index in [4.69, 9.17) is 11.6 Å². The number of nitrogens with zero attached hydrogens (tertiary/aromatic N) is 3. The van der Waals surface area contributed by atoms with Gasteiger partial charge in [-0.1, -0.05) is 48.3 Å². The molecule has 0 saturated heterocycles. The molecule has 1 aromatic heterocycles. The first-order valence-corrected chi connectivity index (χ1v) is 11.4. The molecule has 1 unspecified atom stereocenters. The molecule has 3 rings (SSSR count). The number of hydrogen-bond acceptors (Lipinski definition) is 5. The summed E-state index contributed by atoms with van der Waals surface area (Å²) in [6.07, 6.45) is 4.38. The molecule has 0 bridgehead atoms. The molecule has 1 aliphatic carbocycles. The van der Waals surface area contributed by atoms with Gasteiger partial charge in [-0.2, -0.15) is 0 Å². The van der Waals surface area contributed by atoms with Crippen LogP contribution in [0.1, 0.15) is 59.4 Å². The molecule has 1 saturated carbocycles. The second-order valence-corrected chi connectivity index (χ2v) is 10.3. The summed E-state index contributed by atoms with van der Waals surface area (Å²) in [6.45, 7) is 7.33. The molecule has 2 aromatic rings. The van der Waals surface area contributed by atoms with Gasteiger partial charge in [-0.3, -0.25) is 14.7 Å². The molecule has 1 heterocycles. The van der Waals surface area contributed by atoms with E-state index in [2.05, 4.69) is 25.4 Å². The van der Waals surface area contributed by atoms with Crippen molar-refractivity contribution < 1.29 is 9.59 Å². The van der Waals surface area contributed by atoms with Crippen molar-refractivity contribution in [1.82, 2.24) is 25.4 Å². The van der Waals surface area contributed by atoms with Crippen molar-refractivity contribution in [3.05, 3.63) is 29.3 Å². The third-order valence-electron chi connectivity index (χ3n) is 4.85. The molecular weight excluding hydrogens is 422 g/mol. The molecule has 9 heteroatoms. The predicted molar refractivity (Wildman–Crippen MR) is 120 cm³/mol. The Morgan fingerprint density at radius 1 is 1.20 bits per heavy atom. The Bertz CT molecular complexity index is 918. The zero-order chi connectivity index (χ0) is 21.9. The molecule has 1 atom stereocenters. The Kier molecular flexibility index (Phi) is 7.08. The van der Waals surface area contributed by atoms with Crippen molar-refractivity contribution >= 4 is 35.3 Å². The van der Waals surface area contributed by atoms with Crippen LogP contribution < -0.4 is 10.6 Å². The monoisotopic (exact) mass is 449 g/mol. The summed E-state index contributed by atoms with van der Waals surface area (Å²) < 4.78 is 2.11. The molecule has 30 heavy (non-hydrogen) atoms. The van der Waals surface area contributed by atoms with Gasteiger partial charge in [-0.15, -0.1) is 10.2 Å². The van der Waals surface area contributed by atoms with Gasteiger partial charge in [0.2, 0.25) is 5.91 Å². The third kappa shape index (κ3) is 5.55. The van der Waals surface area contributed by atoms with Crippen LogP contribution >= 0.6 is 23.4 Å². The Balaban J connectivity index is 1.81. The largest absolute Gasteiger partial charge is 0.333 e. The maximum atomic E-state index is 12.5. The normalized spacial score (nSPS) is 15.8. The van der Waals surface area contributed by atoms with Crippen molar-refractivity contribution in [1.29, 1.82) is 0 Å². The molecule has 162 valence electrons. The van der Waals surface area contributed by atoms with E-state index in [9.17, 15) is 9.59 Å². The van der Waals surface area contributed by atoms with Gasteiger partial charge in [0.1, 0.15) is 0 Å². The fourth-order valence-electron chi connectivity index (χ4n) is 3.47. The van der Waals surface area contributed by atoms with Crippen LogP contribution in [0.4, 0.5) is 4.79 Å². The van der Waals surface area contributed by atoms with Gasteiger partial charge in [-0.25, -0.2) is 4.79 Å². The molecule has 1 fully saturated rings. The molecule has 2 N–H and O–H groups in total.